The molecule has 1 aliphatic rings. The first-order chi connectivity index (χ1) is 8.61. The van der Waals surface area contributed by atoms with Crippen LogP contribution < -0.4 is 5.73 Å². The van der Waals surface area contributed by atoms with Crippen LogP contribution >= 0.6 is 0 Å². The summed E-state index contributed by atoms with van der Waals surface area (Å²) in [5.74, 6) is -0.773. The molecule has 0 spiro atoms. The number of anilines is 1. The van der Waals surface area contributed by atoms with E-state index in [1.165, 1.54) is 18.2 Å². The summed E-state index contributed by atoms with van der Waals surface area (Å²) in [7, 11) is 0. The van der Waals surface area contributed by atoms with Crippen molar-refractivity contribution in [1.82, 2.24) is 4.90 Å². The fraction of sp³-hybridized carbons (Fsp3) is 0.417. The van der Waals surface area contributed by atoms with E-state index < -0.39 is 5.82 Å². The van der Waals surface area contributed by atoms with Crippen molar-refractivity contribution >= 4 is 11.6 Å². The van der Waals surface area contributed by atoms with Gasteiger partial charge in [-0.05, 0) is 18.2 Å². The van der Waals surface area contributed by atoms with Crippen LogP contribution in [0.3, 0.4) is 0 Å². The number of nitrogens with zero attached hydrogens (tertiary/aromatic N) is 1. The van der Waals surface area contributed by atoms with Gasteiger partial charge in [0, 0.05) is 18.7 Å². The van der Waals surface area contributed by atoms with Gasteiger partial charge in [0.15, 0.2) is 0 Å². The number of nitrogen functional groups attached to an aromatic ring is 1. The van der Waals surface area contributed by atoms with Gasteiger partial charge < -0.3 is 20.5 Å². The third-order valence-electron chi connectivity index (χ3n) is 2.87. The molecule has 6 heteroatoms. The molecule has 0 aliphatic carbocycles. The lowest BCUT2D eigenvalue weighted by atomic mass is 10.1. The van der Waals surface area contributed by atoms with E-state index in [4.69, 9.17) is 15.6 Å². The van der Waals surface area contributed by atoms with Gasteiger partial charge in [0.25, 0.3) is 5.91 Å². The van der Waals surface area contributed by atoms with Gasteiger partial charge in [-0.3, -0.25) is 4.79 Å². The number of aliphatic hydroxyl groups excluding tert-OH is 1. The Morgan fingerprint density at radius 3 is 3.06 bits per heavy atom. The van der Waals surface area contributed by atoms with Crippen LogP contribution in [-0.2, 0) is 4.74 Å². The molecule has 18 heavy (non-hydrogen) atoms. The van der Waals surface area contributed by atoms with Crippen LogP contribution in [0.2, 0.25) is 0 Å². The molecule has 98 valence electrons. The number of carbonyl (C=O) groups is 1. The summed E-state index contributed by atoms with van der Waals surface area (Å²) in [5.41, 5.74) is 5.72. The lowest BCUT2D eigenvalue weighted by Crippen LogP contribution is -2.46. The van der Waals surface area contributed by atoms with Gasteiger partial charge in [-0.25, -0.2) is 4.39 Å². The van der Waals surface area contributed by atoms with Gasteiger partial charge in [-0.1, -0.05) is 0 Å². The average Bonchev–Trinajstić information content (AvgIpc) is 2.41. The Bertz CT molecular complexity index is 453. The zero-order valence-corrected chi connectivity index (χ0v) is 9.80. The highest BCUT2D eigenvalue weighted by Gasteiger charge is 2.24. The number of hydrogen-bond donors (Lipinski definition) is 2. The van der Waals surface area contributed by atoms with Crippen molar-refractivity contribution in [3.8, 4) is 0 Å². The van der Waals surface area contributed by atoms with E-state index in [1.54, 1.807) is 4.90 Å². The van der Waals surface area contributed by atoms with Gasteiger partial charge in [0.1, 0.15) is 5.82 Å². The zero-order chi connectivity index (χ0) is 13.1. The molecule has 0 radical (unpaired) electrons. The molecule has 5 nitrogen and oxygen atoms in total. The van der Waals surface area contributed by atoms with Crippen LogP contribution in [0.4, 0.5) is 10.1 Å². The first-order valence-corrected chi connectivity index (χ1v) is 5.68. The Kier molecular flexibility index (Phi) is 3.78. The van der Waals surface area contributed by atoms with Crippen LogP contribution in [0.1, 0.15) is 10.4 Å². The van der Waals surface area contributed by atoms with E-state index >= 15 is 0 Å². The summed E-state index contributed by atoms with van der Waals surface area (Å²) < 4.78 is 18.3. The number of benzene rings is 1. The van der Waals surface area contributed by atoms with Crippen LogP contribution in [-0.4, -0.2) is 48.3 Å². The monoisotopic (exact) mass is 254 g/mol. The fourth-order valence-corrected chi connectivity index (χ4v) is 1.87. The highest BCUT2D eigenvalue weighted by molar-refractivity contribution is 5.95. The van der Waals surface area contributed by atoms with Crippen molar-refractivity contribution in [2.45, 2.75) is 6.10 Å². The van der Waals surface area contributed by atoms with Crippen molar-refractivity contribution in [3.05, 3.63) is 29.6 Å². The molecule has 1 aromatic rings. The predicted molar refractivity (Wildman–Crippen MR) is 63.5 cm³/mol. The van der Waals surface area contributed by atoms with Crippen molar-refractivity contribution in [3.63, 3.8) is 0 Å². The molecule has 0 saturated carbocycles. The second-order valence-electron chi connectivity index (χ2n) is 4.16. The van der Waals surface area contributed by atoms with Crippen LogP contribution in [0, 0.1) is 5.82 Å². The Morgan fingerprint density at radius 2 is 2.39 bits per heavy atom. The molecule has 1 saturated heterocycles. The predicted octanol–water partition coefficient (Wildman–Crippen LogP) is 0.241. The Morgan fingerprint density at radius 1 is 1.61 bits per heavy atom. The molecule has 3 N–H and O–H groups in total. The zero-order valence-electron chi connectivity index (χ0n) is 9.80. The smallest absolute Gasteiger partial charge is 0.254 e. The van der Waals surface area contributed by atoms with Gasteiger partial charge in [0.2, 0.25) is 0 Å². The summed E-state index contributed by atoms with van der Waals surface area (Å²) >= 11 is 0. The second kappa shape index (κ2) is 5.32. The van der Waals surface area contributed by atoms with Crippen molar-refractivity contribution in [2.75, 3.05) is 32.0 Å². The van der Waals surface area contributed by atoms with Crippen LogP contribution in [0.5, 0.6) is 0 Å². The Hall–Kier alpha value is -1.66. The molecule has 1 aromatic carbocycles. The maximum Gasteiger partial charge on any atom is 0.254 e. The highest BCUT2D eigenvalue weighted by atomic mass is 19.1. The fourth-order valence-electron chi connectivity index (χ4n) is 1.87. The largest absolute Gasteiger partial charge is 0.396 e. The SMILES string of the molecule is Nc1cc(C(=O)N2CCOC(CO)C2)ccc1F. The molecular formula is C12H15FN2O3. The third kappa shape index (κ3) is 2.60. The quantitative estimate of drug-likeness (QED) is 0.741. The number of hydrogen-bond acceptors (Lipinski definition) is 4. The van der Waals surface area contributed by atoms with E-state index in [2.05, 4.69) is 0 Å². The van der Waals surface area contributed by atoms with E-state index in [9.17, 15) is 9.18 Å². The van der Waals surface area contributed by atoms with Crippen LogP contribution in [0.25, 0.3) is 0 Å². The topological polar surface area (TPSA) is 75.8 Å². The first-order valence-electron chi connectivity index (χ1n) is 5.68. The second-order valence-corrected chi connectivity index (χ2v) is 4.16. The maximum atomic E-state index is 13.0. The van der Waals surface area contributed by atoms with Gasteiger partial charge in [-0.15, -0.1) is 0 Å². The summed E-state index contributed by atoms with van der Waals surface area (Å²) in [6, 6.07) is 3.89. The van der Waals surface area contributed by atoms with Crippen molar-refractivity contribution in [1.29, 1.82) is 0 Å². The normalized spacial score (nSPS) is 19.9. The minimum atomic E-state index is -0.540. The molecule has 2 rings (SSSR count). The standard InChI is InChI=1S/C12H15FN2O3/c13-10-2-1-8(5-11(10)14)12(17)15-3-4-18-9(6-15)7-16/h1-2,5,9,16H,3-4,6-7,14H2. The number of amides is 1. The van der Waals surface area contributed by atoms with E-state index in [0.717, 1.165) is 0 Å². The van der Waals surface area contributed by atoms with E-state index in [0.29, 0.717) is 25.3 Å². The molecule has 1 atom stereocenters. The van der Waals surface area contributed by atoms with Gasteiger partial charge >= 0.3 is 0 Å². The van der Waals surface area contributed by atoms with Crippen molar-refractivity contribution in [2.24, 2.45) is 0 Å². The number of morpholine rings is 1. The number of halogens is 1. The maximum absolute atomic E-state index is 13.0. The highest BCUT2D eigenvalue weighted by Crippen LogP contribution is 2.15. The number of aliphatic hydroxyl groups is 1. The molecule has 0 aromatic heterocycles. The minimum absolute atomic E-state index is 0.0483. The number of carbonyl (C=O) groups excluding carboxylic acids is 1. The number of rotatable bonds is 2. The van der Waals surface area contributed by atoms with Crippen LogP contribution in [0.15, 0.2) is 18.2 Å². The summed E-state index contributed by atoms with van der Waals surface area (Å²) in [5, 5.41) is 9.01. The molecule has 1 unspecified atom stereocenters. The molecule has 1 fully saturated rings. The lowest BCUT2D eigenvalue weighted by Gasteiger charge is -2.32. The molecule has 0 bridgehead atoms. The van der Waals surface area contributed by atoms with Gasteiger partial charge in [-0.2, -0.15) is 0 Å². The van der Waals surface area contributed by atoms with E-state index in [-0.39, 0.29) is 24.3 Å². The molecular weight excluding hydrogens is 239 g/mol. The first kappa shape index (κ1) is 12.8. The average molecular weight is 254 g/mol. The molecule has 1 amide bonds. The molecule has 1 heterocycles. The third-order valence-corrected chi connectivity index (χ3v) is 2.87. The summed E-state index contributed by atoms with van der Waals surface area (Å²) in [6.45, 7) is 1.03. The Balaban J connectivity index is 2.12. The summed E-state index contributed by atoms with van der Waals surface area (Å²) in [4.78, 5) is 13.7. The van der Waals surface area contributed by atoms with Crippen molar-refractivity contribution < 1.29 is 19.0 Å². The number of nitrogens with two attached hydrogens (primary N) is 1. The molecule has 1 aliphatic heterocycles. The minimum Gasteiger partial charge on any atom is -0.396 e. The number of ether oxygens (including phenoxy) is 1. The Labute approximate surface area is 104 Å². The van der Waals surface area contributed by atoms with Gasteiger partial charge in [0.05, 0.1) is 25.0 Å². The van der Waals surface area contributed by atoms with E-state index in [1.807, 2.05) is 0 Å². The summed E-state index contributed by atoms with van der Waals surface area (Å²) in [6.07, 6.45) is -0.361. The lowest BCUT2D eigenvalue weighted by molar-refractivity contribution is -0.0447.